The number of fused-ring (bicyclic) bond motifs is 1. The summed E-state index contributed by atoms with van der Waals surface area (Å²) in [6.45, 7) is 4.00. The van der Waals surface area contributed by atoms with Crippen molar-refractivity contribution in [3.63, 3.8) is 0 Å². The van der Waals surface area contributed by atoms with Gasteiger partial charge in [0.25, 0.3) is 0 Å². The van der Waals surface area contributed by atoms with Crippen molar-refractivity contribution in [2.75, 3.05) is 0 Å². The van der Waals surface area contributed by atoms with Crippen molar-refractivity contribution < 1.29 is 9.90 Å². The van der Waals surface area contributed by atoms with Crippen LogP contribution in [0.3, 0.4) is 0 Å². The fourth-order valence-corrected chi connectivity index (χ4v) is 3.35. The maximum atomic E-state index is 10.8. The zero-order valence-corrected chi connectivity index (χ0v) is 10.8. The van der Waals surface area contributed by atoms with E-state index in [2.05, 4.69) is 9.39 Å². The first kappa shape index (κ1) is 12.9. The van der Waals surface area contributed by atoms with Gasteiger partial charge in [0, 0.05) is 6.04 Å². The molecular formula is C11H21NO2P-. The molecule has 15 heavy (non-hydrogen) atoms. The molecule has 1 saturated carbocycles. The van der Waals surface area contributed by atoms with Crippen molar-refractivity contribution in [2.24, 2.45) is 5.92 Å². The van der Waals surface area contributed by atoms with Crippen LogP contribution in [0.2, 0.25) is 0 Å². The summed E-state index contributed by atoms with van der Waals surface area (Å²) < 4.78 is 1.93. The van der Waals surface area contributed by atoms with E-state index in [0.717, 1.165) is 12.8 Å². The number of nitrogens with zero attached hydrogens (tertiary/aromatic N) is 1. The maximum absolute atomic E-state index is 10.8. The van der Waals surface area contributed by atoms with Crippen LogP contribution in [0.1, 0.15) is 46.0 Å². The molecule has 4 atom stereocenters. The molecule has 0 aromatic carbocycles. The second kappa shape index (κ2) is 5.81. The predicted molar refractivity (Wildman–Crippen MR) is 62.1 cm³/mol. The SMILES string of the molecule is CC.O=C([O-])C1CC2CCCCC2N1P. The molecule has 3 nitrogen and oxygen atoms in total. The molecule has 0 radical (unpaired) electrons. The Morgan fingerprint density at radius 3 is 2.47 bits per heavy atom. The van der Waals surface area contributed by atoms with Crippen LogP contribution in [0.4, 0.5) is 0 Å². The van der Waals surface area contributed by atoms with Crippen molar-refractivity contribution in [3.05, 3.63) is 0 Å². The third kappa shape index (κ3) is 2.70. The Bertz CT molecular complexity index is 223. The van der Waals surface area contributed by atoms with Gasteiger partial charge in [-0.3, -0.25) is 4.67 Å². The Labute approximate surface area is 94.5 Å². The molecule has 0 N–H and O–H groups in total. The number of carbonyl (C=O) groups excluding carboxylic acids is 1. The standard InChI is InChI=1S/C9H16NO2P.C2H6/c11-9(12)8-5-6-3-1-2-4-7(6)10(8)13;1-2/h6-8H,1-5,13H2,(H,11,12);1-2H3/p-1. The van der Waals surface area contributed by atoms with Crippen LogP contribution in [-0.2, 0) is 4.79 Å². The average molecular weight is 230 g/mol. The number of hydrogen-bond acceptors (Lipinski definition) is 3. The third-order valence-corrected chi connectivity index (χ3v) is 4.15. The largest absolute Gasteiger partial charge is 0.548 e. The van der Waals surface area contributed by atoms with Crippen molar-refractivity contribution >= 4 is 15.4 Å². The van der Waals surface area contributed by atoms with Crippen molar-refractivity contribution in [1.29, 1.82) is 0 Å². The molecule has 0 aromatic rings. The molecule has 0 spiro atoms. The minimum Gasteiger partial charge on any atom is -0.548 e. The fraction of sp³-hybridized carbons (Fsp3) is 0.909. The van der Waals surface area contributed by atoms with E-state index >= 15 is 0 Å². The first-order chi connectivity index (χ1) is 7.20. The van der Waals surface area contributed by atoms with Gasteiger partial charge in [-0.1, -0.05) is 36.1 Å². The summed E-state index contributed by atoms with van der Waals surface area (Å²) in [5.41, 5.74) is 0. The zero-order chi connectivity index (χ0) is 11.4. The van der Waals surface area contributed by atoms with E-state index in [0.29, 0.717) is 12.0 Å². The highest BCUT2D eigenvalue weighted by Crippen LogP contribution is 2.41. The van der Waals surface area contributed by atoms with Gasteiger partial charge in [0.1, 0.15) is 0 Å². The van der Waals surface area contributed by atoms with Gasteiger partial charge in [-0.25, -0.2) is 0 Å². The highest BCUT2D eigenvalue weighted by Gasteiger charge is 2.40. The zero-order valence-electron chi connectivity index (χ0n) is 9.61. The topological polar surface area (TPSA) is 43.4 Å². The lowest BCUT2D eigenvalue weighted by molar-refractivity contribution is -0.309. The van der Waals surface area contributed by atoms with E-state index in [4.69, 9.17) is 0 Å². The van der Waals surface area contributed by atoms with E-state index in [-0.39, 0.29) is 6.04 Å². The molecule has 0 bridgehead atoms. The van der Waals surface area contributed by atoms with Crippen molar-refractivity contribution in [3.8, 4) is 0 Å². The number of carboxylic acids is 1. The lowest BCUT2D eigenvalue weighted by Crippen LogP contribution is -2.42. The fourth-order valence-electron chi connectivity index (χ4n) is 2.71. The number of rotatable bonds is 1. The van der Waals surface area contributed by atoms with Crippen LogP contribution in [0.15, 0.2) is 0 Å². The Hall–Kier alpha value is -0.140. The minimum absolute atomic E-state index is 0.363. The molecular weight excluding hydrogens is 209 g/mol. The minimum atomic E-state index is -0.913. The maximum Gasteiger partial charge on any atom is 0.0589 e. The van der Waals surface area contributed by atoms with Crippen molar-refractivity contribution in [2.45, 2.75) is 58.0 Å². The molecule has 88 valence electrons. The Kier molecular flexibility index (Phi) is 5.01. The van der Waals surface area contributed by atoms with Crippen LogP contribution in [0, 0.1) is 5.92 Å². The van der Waals surface area contributed by atoms with Crippen molar-refractivity contribution in [1.82, 2.24) is 4.67 Å². The molecule has 2 rings (SSSR count). The second-order valence-corrected chi connectivity index (χ2v) is 4.73. The highest BCUT2D eigenvalue weighted by atomic mass is 31.0. The number of hydrogen-bond donors (Lipinski definition) is 0. The van der Waals surface area contributed by atoms with Crippen LogP contribution < -0.4 is 5.11 Å². The van der Waals surface area contributed by atoms with Gasteiger partial charge < -0.3 is 9.90 Å². The summed E-state index contributed by atoms with van der Waals surface area (Å²) in [5.74, 6) is -0.321. The quantitative estimate of drug-likeness (QED) is 0.635. The van der Waals surface area contributed by atoms with Gasteiger partial charge in [-0.05, 0) is 25.2 Å². The summed E-state index contributed by atoms with van der Waals surface area (Å²) >= 11 is 0. The lowest BCUT2D eigenvalue weighted by atomic mass is 9.85. The van der Waals surface area contributed by atoms with Gasteiger partial charge in [-0.2, -0.15) is 0 Å². The molecule has 4 unspecified atom stereocenters. The van der Waals surface area contributed by atoms with Gasteiger partial charge in [-0.15, -0.1) is 0 Å². The first-order valence-electron chi connectivity index (χ1n) is 5.94. The van der Waals surface area contributed by atoms with Crippen LogP contribution in [0.5, 0.6) is 0 Å². The number of aliphatic carboxylic acids is 1. The lowest BCUT2D eigenvalue weighted by Gasteiger charge is -2.30. The molecule has 1 aliphatic heterocycles. The Morgan fingerprint density at radius 1 is 1.33 bits per heavy atom. The van der Waals surface area contributed by atoms with E-state index in [1.807, 2.05) is 18.5 Å². The highest BCUT2D eigenvalue weighted by molar-refractivity contribution is 7.13. The Balaban J connectivity index is 0.000000531. The number of carboxylic acid groups (broad SMARTS) is 1. The van der Waals surface area contributed by atoms with E-state index in [9.17, 15) is 9.90 Å². The normalized spacial score (nSPS) is 35.3. The summed E-state index contributed by atoms with van der Waals surface area (Å²) in [5, 5.41) is 10.8. The molecule has 1 saturated heterocycles. The van der Waals surface area contributed by atoms with Crippen LogP contribution in [0.25, 0.3) is 0 Å². The second-order valence-electron chi connectivity index (χ2n) is 4.13. The Morgan fingerprint density at radius 2 is 1.93 bits per heavy atom. The van der Waals surface area contributed by atoms with Gasteiger partial charge in [0.05, 0.1) is 12.0 Å². The molecule has 2 aliphatic rings. The van der Waals surface area contributed by atoms with E-state index < -0.39 is 5.97 Å². The molecule has 1 heterocycles. The predicted octanol–water partition coefficient (Wildman–Crippen LogP) is 1.19. The molecule has 0 amide bonds. The first-order valence-corrected chi connectivity index (χ1v) is 6.45. The third-order valence-electron chi connectivity index (χ3n) is 3.41. The molecule has 2 fully saturated rings. The summed E-state index contributed by atoms with van der Waals surface area (Å²) in [6, 6.07) is 0.111. The number of carbonyl (C=O) groups is 1. The molecule has 0 aromatic heterocycles. The summed E-state index contributed by atoms with van der Waals surface area (Å²) in [4.78, 5) is 10.8. The molecule has 1 aliphatic carbocycles. The molecule has 4 heteroatoms. The van der Waals surface area contributed by atoms with Crippen LogP contribution >= 0.6 is 9.39 Å². The van der Waals surface area contributed by atoms with Gasteiger partial charge >= 0.3 is 0 Å². The van der Waals surface area contributed by atoms with E-state index in [1.54, 1.807) is 0 Å². The smallest absolute Gasteiger partial charge is 0.0589 e. The van der Waals surface area contributed by atoms with Crippen LogP contribution in [-0.4, -0.2) is 22.7 Å². The van der Waals surface area contributed by atoms with E-state index in [1.165, 1.54) is 19.3 Å². The average Bonchev–Trinajstić information content (AvgIpc) is 2.60. The summed E-state index contributed by atoms with van der Waals surface area (Å²) in [6.07, 6.45) is 5.64. The van der Waals surface area contributed by atoms with Gasteiger partial charge in [0.15, 0.2) is 0 Å². The van der Waals surface area contributed by atoms with Gasteiger partial charge in [0.2, 0.25) is 0 Å². The monoisotopic (exact) mass is 230 g/mol. The summed E-state index contributed by atoms with van der Waals surface area (Å²) in [7, 11) is 2.56.